The third-order valence-corrected chi connectivity index (χ3v) is 3.91. The van der Waals surface area contributed by atoms with Gasteiger partial charge in [-0.15, -0.1) is 0 Å². The molecular formula is C15H18F4O. The Kier molecular flexibility index (Phi) is 4.37. The minimum atomic E-state index is -4.38. The predicted molar refractivity (Wildman–Crippen MR) is 68.1 cm³/mol. The van der Waals surface area contributed by atoms with Crippen LogP contribution in [0.1, 0.15) is 43.2 Å². The minimum Gasteiger partial charge on any atom is -0.393 e. The van der Waals surface area contributed by atoms with Crippen molar-refractivity contribution in [1.29, 1.82) is 0 Å². The summed E-state index contributed by atoms with van der Waals surface area (Å²) in [5.41, 5.74) is -0.202. The van der Waals surface area contributed by atoms with Crippen LogP contribution in [-0.2, 0) is 6.18 Å². The molecule has 0 aromatic heterocycles. The standard InChI is InChI=1S/C15H18F4O/c1-2-3-4-11(20)13-12(14(13)16)9-5-7-10(8-6-9)15(17,18)19/h5-8,11-14,20H,2-4H2,1H3/t11-,12+,13+,14+/m0/s1. The average Bonchev–Trinajstić information content (AvgIpc) is 3.07. The van der Waals surface area contributed by atoms with Crippen molar-refractivity contribution in [3.8, 4) is 0 Å². The first-order chi connectivity index (χ1) is 9.36. The molecule has 5 heteroatoms. The van der Waals surface area contributed by atoms with Crippen LogP contribution in [0.5, 0.6) is 0 Å². The van der Waals surface area contributed by atoms with Crippen molar-refractivity contribution in [2.24, 2.45) is 5.92 Å². The maximum Gasteiger partial charge on any atom is 0.416 e. The van der Waals surface area contributed by atoms with Crippen LogP contribution in [0.25, 0.3) is 0 Å². The Morgan fingerprint density at radius 3 is 2.30 bits per heavy atom. The summed E-state index contributed by atoms with van der Waals surface area (Å²) in [6, 6.07) is 4.56. The predicted octanol–water partition coefficient (Wildman–Crippen LogP) is 4.31. The summed E-state index contributed by atoms with van der Waals surface area (Å²) < 4.78 is 51.1. The van der Waals surface area contributed by atoms with E-state index in [4.69, 9.17) is 0 Å². The van der Waals surface area contributed by atoms with Gasteiger partial charge in [-0.1, -0.05) is 31.9 Å². The molecule has 1 aromatic rings. The summed E-state index contributed by atoms with van der Waals surface area (Å²) in [6.07, 6.45) is -3.96. The molecule has 0 bridgehead atoms. The molecule has 0 heterocycles. The maximum atomic E-state index is 13.8. The number of unbranched alkanes of at least 4 members (excludes halogenated alkanes) is 1. The van der Waals surface area contributed by atoms with Crippen LogP contribution in [0.4, 0.5) is 17.6 Å². The molecule has 20 heavy (non-hydrogen) atoms. The Labute approximate surface area is 115 Å². The van der Waals surface area contributed by atoms with Crippen molar-refractivity contribution in [1.82, 2.24) is 0 Å². The van der Waals surface area contributed by atoms with E-state index in [1.165, 1.54) is 12.1 Å². The van der Waals surface area contributed by atoms with Gasteiger partial charge in [0.15, 0.2) is 0 Å². The van der Waals surface area contributed by atoms with E-state index in [1.807, 2.05) is 6.92 Å². The maximum absolute atomic E-state index is 13.8. The lowest BCUT2D eigenvalue weighted by molar-refractivity contribution is -0.137. The molecular weight excluding hydrogens is 272 g/mol. The van der Waals surface area contributed by atoms with E-state index in [1.54, 1.807) is 0 Å². The monoisotopic (exact) mass is 290 g/mol. The van der Waals surface area contributed by atoms with Crippen LogP contribution >= 0.6 is 0 Å². The van der Waals surface area contributed by atoms with Crippen molar-refractivity contribution >= 4 is 0 Å². The van der Waals surface area contributed by atoms with Gasteiger partial charge in [-0.2, -0.15) is 13.2 Å². The van der Waals surface area contributed by atoms with Gasteiger partial charge in [0.25, 0.3) is 0 Å². The van der Waals surface area contributed by atoms with Crippen molar-refractivity contribution in [3.05, 3.63) is 35.4 Å². The number of aliphatic hydroxyl groups is 1. The molecule has 112 valence electrons. The lowest BCUT2D eigenvalue weighted by atomic mass is 10.0. The number of aliphatic hydroxyl groups excluding tert-OH is 1. The number of hydrogen-bond donors (Lipinski definition) is 1. The SMILES string of the molecule is CCCC[C@H](O)[C@H]1[C@H](F)[C@@H]1c1ccc(C(F)(F)F)cc1. The summed E-state index contributed by atoms with van der Waals surface area (Å²) in [6.45, 7) is 1.99. The lowest BCUT2D eigenvalue weighted by Gasteiger charge is -2.09. The van der Waals surface area contributed by atoms with Gasteiger partial charge in [-0.05, 0) is 24.1 Å². The first kappa shape index (κ1) is 15.3. The van der Waals surface area contributed by atoms with Crippen molar-refractivity contribution in [2.75, 3.05) is 0 Å². The van der Waals surface area contributed by atoms with Gasteiger partial charge in [0.1, 0.15) is 6.17 Å². The quantitative estimate of drug-likeness (QED) is 0.801. The van der Waals surface area contributed by atoms with E-state index in [0.29, 0.717) is 12.0 Å². The number of benzene rings is 1. The Hall–Kier alpha value is -1.10. The third kappa shape index (κ3) is 3.14. The molecule has 4 atom stereocenters. The zero-order chi connectivity index (χ0) is 14.9. The number of rotatable bonds is 5. The van der Waals surface area contributed by atoms with Crippen LogP contribution in [0.2, 0.25) is 0 Å². The minimum absolute atomic E-state index is 0.468. The third-order valence-electron chi connectivity index (χ3n) is 3.91. The zero-order valence-electron chi connectivity index (χ0n) is 11.2. The summed E-state index contributed by atoms with van der Waals surface area (Å²) >= 11 is 0. The fourth-order valence-electron chi connectivity index (χ4n) is 2.65. The van der Waals surface area contributed by atoms with Gasteiger partial charge in [-0.3, -0.25) is 0 Å². The van der Waals surface area contributed by atoms with Gasteiger partial charge >= 0.3 is 6.18 Å². The summed E-state index contributed by atoms with van der Waals surface area (Å²) in [4.78, 5) is 0. The zero-order valence-corrected chi connectivity index (χ0v) is 11.2. The van der Waals surface area contributed by atoms with Crippen LogP contribution in [0.3, 0.4) is 0 Å². The van der Waals surface area contributed by atoms with E-state index in [9.17, 15) is 22.7 Å². The Bertz CT molecular complexity index is 440. The van der Waals surface area contributed by atoms with Crippen molar-refractivity contribution in [3.63, 3.8) is 0 Å². The highest BCUT2D eigenvalue weighted by Gasteiger charge is 2.55. The first-order valence-corrected chi connectivity index (χ1v) is 6.85. The summed E-state index contributed by atoms with van der Waals surface area (Å²) in [5, 5.41) is 9.89. The largest absolute Gasteiger partial charge is 0.416 e. The molecule has 0 amide bonds. The topological polar surface area (TPSA) is 20.2 Å². The highest BCUT2D eigenvalue weighted by atomic mass is 19.4. The Balaban J connectivity index is 2.03. The molecule has 0 spiro atoms. The molecule has 1 aromatic carbocycles. The van der Waals surface area contributed by atoms with E-state index < -0.39 is 35.9 Å². The molecule has 2 rings (SSSR count). The van der Waals surface area contributed by atoms with Crippen LogP contribution in [0.15, 0.2) is 24.3 Å². The summed E-state index contributed by atoms with van der Waals surface area (Å²) in [5.74, 6) is -0.942. The molecule has 0 saturated heterocycles. The van der Waals surface area contributed by atoms with Crippen molar-refractivity contribution in [2.45, 2.75) is 50.6 Å². The number of hydrogen-bond acceptors (Lipinski definition) is 1. The van der Waals surface area contributed by atoms with Crippen LogP contribution < -0.4 is 0 Å². The molecule has 0 unspecified atom stereocenters. The normalized spacial score (nSPS) is 27.4. The molecule has 1 aliphatic rings. The van der Waals surface area contributed by atoms with E-state index in [-0.39, 0.29) is 0 Å². The van der Waals surface area contributed by atoms with Gasteiger partial charge in [-0.25, -0.2) is 4.39 Å². The Morgan fingerprint density at radius 1 is 1.20 bits per heavy atom. The fourth-order valence-corrected chi connectivity index (χ4v) is 2.65. The molecule has 0 aliphatic heterocycles. The second-order valence-electron chi connectivity index (χ2n) is 5.38. The molecule has 0 radical (unpaired) electrons. The van der Waals surface area contributed by atoms with E-state index in [2.05, 4.69) is 0 Å². The van der Waals surface area contributed by atoms with Gasteiger partial charge in [0.05, 0.1) is 11.7 Å². The second kappa shape index (κ2) is 5.72. The second-order valence-corrected chi connectivity index (χ2v) is 5.38. The Morgan fingerprint density at radius 2 is 1.80 bits per heavy atom. The van der Waals surface area contributed by atoms with Gasteiger partial charge in [0.2, 0.25) is 0 Å². The summed E-state index contributed by atoms with van der Waals surface area (Å²) in [7, 11) is 0. The molecule has 1 aliphatic carbocycles. The van der Waals surface area contributed by atoms with Crippen LogP contribution in [0, 0.1) is 5.92 Å². The highest BCUT2D eigenvalue weighted by molar-refractivity contribution is 5.33. The highest BCUT2D eigenvalue weighted by Crippen LogP contribution is 2.53. The lowest BCUT2D eigenvalue weighted by Crippen LogP contribution is -2.11. The average molecular weight is 290 g/mol. The number of alkyl halides is 4. The number of halogens is 4. The molecule has 1 saturated carbocycles. The molecule has 1 nitrogen and oxygen atoms in total. The molecule has 1 N–H and O–H groups in total. The van der Waals surface area contributed by atoms with Crippen LogP contribution in [-0.4, -0.2) is 17.4 Å². The van der Waals surface area contributed by atoms with Gasteiger partial charge in [0, 0.05) is 11.8 Å². The van der Waals surface area contributed by atoms with E-state index in [0.717, 1.165) is 25.0 Å². The smallest absolute Gasteiger partial charge is 0.393 e. The fraction of sp³-hybridized carbons (Fsp3) is 0.600. The first-order valence-electron chi connectivity index (χ1n) is 6.85. The van der Waals surface area contributed by atoms with E-state index >= 15 is 0 Å². The van der Waals surface area contributed by atoms with Crippen molar-refractivity contribution < 1.29 is 22.7 Å². The van der Waals surface area contributed by atoms with Gasteiger partial charge < -0.3 is 5.11 Å². The molecule has 1 fully saturated rings.